The third kappa shape index (κ3) is 5.88. The number of anilines is 2. The summed E-state index contributed by atoms with van der Waals surface area (Å²) in [6, 6.07) is 2.35. The van der Waals surface area contributed by atoms with E-state index in [1.54, 1.807) is 7.11 Å². The lowest BCUT2D eigenvalue weighted by Crippen LogP contribution is -2.42. The maximum absolute atomic E-state index is 5.41. The molecule has 2 saturated heterocycles. The molecule has 2 N–H and O–H groups in total. The van der Waals surface area contributed by atoms with E-state index < -0.39 is 0 Å². The quantitative estimate of drug-likeness (QED) is 0.698. The van der Waals surface area contributed by atoms with Gasteiger partial charge in [-0.15, -0.1) is 0 Å². The van der Waals surface area contributed by atoms with E-state index in [9.17, 15) is 0 Å². The summed E-state index contributed by atoms with van der Waals surface area (Å²) >= 11 is 5.41. The van der Waals surface area contributed by atoms with Crippen molar-refractivity contribution >= 4 is 29.1 Å². The van der Waals surface area contributed by atoms with Crippen molar-refractivity contribution in [3.05, 3.63) is 6.07 Å². The lowest BCUT2D eigenvalue weighted by Gasteiger charge is -2.34. The number of piperidine rings is 1. The van der Waals surface area contributed by atoms with Gasteiger partial charge in [0.05, 0.1) is 20.3 Å². The van der Waals surface area contributed by atoms with E-state index in [0.717, 1.165) is 51.8 Å². The first kappa shape index (κ1) is 20.0. The van der Waals surface area contributed by atoms with Gasteiger partial charge in [-0.3, -0.25) is 4.90 Å². The summed E-state index contributed by atoms with van der Waals surface area (Å²) in [6.45, 7) is 8.49. The highest BCUT2D eigenvalue weighted by Crippen LogP contribution is 2.26. The number of ether oxygens (including phenoxy) is 2. The first-order valence-electron chi connectivity index (χ1n) is 9.70. The monoisotopic (exact) mass is 394 g/mol. The van der Waals surface area contributed by atoms with Crippen LogP contribution in [-0.4, -0.2) is 79.1 Å². The maximum Gasteiger partial charge on any atom is 0.234 e. The summed E-state index contributed by atoms with van der Waals surface area (Å²) in [5, 5.41) is 6.85. The SMILES string of the molecule is COc1cc(N2CCCC[C@@H]2C)nc(NC(=S)NCCN2CCOCC2)n1. The second kappa shape index (κ2) is 10.0. The van der Waals surface area contributed by atoms with Gasteiger partial charge >= 0.3 is 0 Å². The molecule has 150 valence electrons. The molecule has 27 heavy (non-hydrogen) atoms. The van der Waals surface area contributed by atoms with Crippen LogP contribution in [0.5, 0.6) is 5.88 Å². The molecule has 2 aliphatic rings. The number of hydrogen-bond donors (Lipinski definition) is 2. The zero-order valence-electron chi connectivity index (χ0n) is 16.2. The van der Waals surface area contributed by atoms with E-state index in [-0.39, 0.29) is 0 Å². The fraction of sp³-hybridized carbons (Fsp3) is 0.722. The molecule has 2 aliphatic heterocycles. The normalized spacial score (nSPS) is 21.0. The van der Waals surface area contributed by atoms with Crippen molar-refractivity contribution in [1.29, 1.82) is 0 Å². The lowest BCUT2D eigenvalue weighted by atomic mass is 10.0. The highest BCUT2D eigenvalue weighted by Gasteiger charge is 2.21. The van der Waals surface area contributed by atoms with Crippen LogP contribution in [0.4, 0.5) is 11.8 Å². The van der Waals surface area contributed by atoms with Gasteiger partial charge in [-0.2, -0.15) is 9.97 Å². The largest absolute Gasteiger partial charge is 0.481 e. The molecule has 1 aromatic rings. The number of aromatic nitrogens is 2. The van der Waals surface area contributed by atoms with Crippen LogP contribution in [0, 0.1) is 0 Å². The van der Waals surface area contributed by atoms with Crippen molar-refractivity contribution in [2.75, 3.05) is 63.3 Å². The Labute approximate surface area is 166 Å². The van der Waals surface area contributed by atoms with Gasteiger partial charge in [0, 0.05) is 44.8 Å². The molecule has 1 aromatic heterocycles. The van der Waals surface area contributed by atoms with Gasteiger partial charge < -0.3 is 25.0 Å². The number of morpholine rings is 1. The van der Waals surface area contributed by atoms with Crippen LogP contribution >= 0.6 is 12.2 Å². The standard InChI is InChI=1S/C18H30N6O2S/c1-14-5-3-4-7-24(14)15-13-16(25-2)21-17(20-15)22-18(27)19-6-8-23-9-11-26-12-10-23/h13-14H,3-12H2,1-2H3,(H2,19,20,21,22,27)/t14-/m0/s1. The molecule has 0 aliphatic carbocycles. The van der Waals surface area contributed by atoms with Crippen LogP contribution in [0.15, 0.2) is 6.07 Å². The Morgan fingerprint density at radius 3 is 2.85 bits per heavy atom. The van der Waals surface area contributed by atoms with Crippen LogP contribution in [-0.2, 0) is 4.74 Å². The fourth-order valence-corrected chi connectivity index (χ4v) is 3.65. The zero-order chi connectivity index (χ0) is 19.1. The molecular weight excluding hydrogens is 364 g/mol. The van der Waals surface area contributed by atoms with E-state index >= 15 is 0 Å². The number of methoxy groups -OCH3 is 1. The van der Waals surface area contributed by atoms with Crippen LogP contribution in [0.25, 0.3) is 0 Å². The predicted molar refractivity (Wildman–Crippen MR) is 111 cm³/mol. The summed E-state index contributed by atoms with van der Waals surface area (Å²) in [4.78, 5) is 13.7. The topological polar surface area (TPSA) is 74.8 Å². The molecule has 0 bridgehead atoms. The van der Waals surface area contributed by atoms with Crippen LogP contribution in [0.3, 0.4) is 0 Å². The van der Waals surface area contributed by atoms with Gasteiger partial charge in [-0.25, -0.2) is 0 Å². The molecule has 1 atom stereocenters. The highest BCUT2D eigenvalue weighted by atomic mass is 32.1. The molecule has 8 nitrogen and oxygen atoms in total. The summed E-state index contributed by atoms with van der Waals surface area (Å²) < 4.78 is 10.7. The summed E-state index contributed by atoms with van der Waals surface area (Å²) in [5.74, 6) is 1.88. The smallest absolute Gasteiger partial charge is 0.234 e. The third-order valence-corrected chi connectivity index (χ3v) is 5.28. The van der Waals surface area contributed by atoms with Gasteiger partial charge in [0.15, 0.2) is 5.11 Å². The second-order valence-corrected chi connectivity index (χ2v) is 7.37. The molecule has 3 rings (SSSR count). The average molecular weight is 395 g/mol. The molecule has 0 aromatic carbocycles. The Morgan fingerprint density at radius 2 is 2.11 bits per heavy atom. The molecule has 2 fully saturated rings. The highest BCUT2D eigenvalue weighted by molar-refractivity contribution is 7.80. The van der Waals surface area contributed by atoms with Crippen molar-refractivity contribution in [2.24, 2.45) is 0 Å². The Morgan fingerprint density at radius 1 is 1.30 bits per heavy atom. The van der Waals surface area contributed by atoms with Crippen molar-refractivity contribution in [2.45, 2.75) is 32.2 Å². The van der Waals surface area contributed by atoms with Crippen molar-refractivity contribution < 1.29 is 9.47 Å². The number of rotatable bonds is 6. The summed E-state index contributed by atoms with van der Waals surface area (Å²) in [7, 11) is 1.62. The number of hydrogen-bond acceptors (Lipinski definition) is 7. The second-order valence-electron chi connectivity index (χ2n) is 6.97. The van der Waals surface area contributed by atoms with Crippen LogP contribution in [0.1, 0.15) is 26.2 Å². The lowest BCUT2D eigenvalue weighted by molar-refractivity contribution is 0.0389. The third-order valence-electron chi connectivity index (χ3n) is 5.04. The number of nitrogens with one attached hydrogen (secondary N) is 2. The van der Waals surface area contributed by atoms with E-state index in [1.165, 1.54) is 19.3 Å². The zero-order valence-corrected chi connectivity index (χ0v) is 17.1. The maximum atomic E-state index is 5.41. The van der Waals surface area contributed by atoms with Crippen molar-refractivity contribution in [3.8, 4) is 5.88 Å². The minimum absolute atomic E-state index is 0.463. The summed E-state index contributed by atoms with van der Waals surface area (Å²) in [5.41, 5.74) is 0. The molecule has 9 heteroatoms. The fourth-order valence-electron chi connectivity index (χ4n) is 3.46. The van der Waals surface area contributed by atoms with Gasteiger partial charge in [-0.05, 0) is 38.4 Å². The molecule has 0 saturated carbocycles. The molecule has 0 radical (unpaired) electrons. The van der Waals surface area contributed by atoms with Crippen LogP contribution < -0.4 is 20.3 Å². The molecule has 0 unspecified atom stereocenters. The Kier molecular flexibility index (Phi) is 7.42. The first-order chi connectivity index (χ1) is 13.2. The predicted octanol–water partition coefficient (Wildman–Crippen LogP) is 1.48. The van der Waals surface area contributed by atoms with E-state index in [0.29, 0.717) is 23.0 Å². The minimum atomic E-state index is 0.463. The Balaban J connectivity index is 1.56. The van der Waals surface area contributed by atoms with Gasteiger partial charge in [0.25, 0.3) is 0 Å². The van der Waals surface area contributed by atoms with E-state index in [4.69, 9.17) is 21.7 Å². The Bertz CT molecular complexity index is 626. The molecule has 3 heterocycles. The van der Waals surface area contributed by atoms with Crippen LogP contribution in [0.2, 0.25) is 0 Å². The van der Waals surface area contributed by atoms with Crippen molar-refractivity contribution in [1.82, 2.24) is 20.2 Å². The minimum Gasteiger partial charge on any atom is -0.481 e. The number of nitrogens with zero attached hydrogens (tertiary/aromatic N) is 4. The number of thiocarbonyl (C=S) groups is 1. The first-order valence-corrected chi connectivity index (χ1v) is 10.1. The van der Waals surface area contributed by atoms with E-state index in [1.807, 2.05) is 6.07 Å². The van der Waals surface area contributed by atoms with Gasteiger partial charge in [-0.1, -0.05) is 0 Å². The van der Waals surface area contributed by atoms with E-state index in [2.05, 4.69) is 37.3 Å². The molecule has 0 amide bonds. The molecular formula is C18H30N6O2S. The van der Waals surface area contributed by atoms with Gasteiger partial charge in [0.2, 0.25) is 11.8 Å². The van der Waals surface area contributed by atoms with Gasteiger partial charge in [0.1, 0.15) is 5.82 Å². The Hall–Kier alpha value is -1.71. The molecule has 0 spiro atoms. The average Bonchev–Trinajstić information content (AvgIpc) is 2.69. The summed E-state index contributed by atoms with van der Waals surface area (Å²) in [6.07, 6.45) is 3.62. The van der Waals surface area contributed by atoms with Crippen molar-refractivity contribution in [3.63, 3.8) is 0 Å².